The van der Waals surface area contributed by atoms with E-state index in [4.69, 9.17) is 4.52 Å². The average molecular weight is 315 g/mol. The molecule has 1 atom stereocenters. The van der Waals surface area contributed by atoms with E-state index in [1.165, 1.54) is 0 Å². The molecule has 2 N–H and O–H groups in total. The number of hydrogen-bond acceptors (Lipinski definition) is 4. The number of rotatable bonds is 6. The van der Waals surface area contributed by atoms with Gasteiger partial charge in [0.25, 0.3) is 5.91 Å². The van der Waals surface area contributed by atoms with Crippen molar-refractivity contribution in [2.75, 3.05) is 6.54 Å². The standard InChI is InChI=1S/C17H21N3O3/c1-4-10-18-16(21)11(2)19-17(22)14-12(3)23-20-15(14)13-8-6-5-7-9-13/h5-9,11H,4,10H2,1-3H3,(H,18,21)(H,19,22). The fraction of sp³-hybridized carbons (Fsp3) is 0.353. The van der Waals surface area contributed by atoms with Gasteiger partial charge in [-0.2, -0.15) is 0 Å². The molecule has 2 rings (SSSR count). The Labute approximate surface area is 135 Å². The third kappa shape index (κ3) is 3.97. The normalized spacial score (nSPS) is 11.8. The molecule has 1 heterocycles. The van der Waals surface area contributed by atoms with Gasteiger partial charge in [0.05, 0.1) is 0 Å². The molecule has 0 bridgehead atoms. The first-order valence-electron chi connectivity index (χ1n) is 7.64. The zero-order chi connectivity index (χ0) is 16.8. The van der Waals surface area contributed by atoms with Crippen LogP contribution >= 0.6 is 0 Å². The summed E-state index contributed by atoms with van der Waals surface area (Å²) in [5.41, 5.74) is 1.62. The Morgan fingerprint density at radius 1 is 1.26 bits per heavy atom. The Hall–Kier alpha value is -2.63. The van der Waals surface area contributed by atoms with Gasteiger partial charge in [-0.1, -0.05) is 42.4 Å². The molecule has 23 heavy (non-hydrogen) atoms. The number of hydrogen-bond donors (Lipinski definition) is 2. The average Bonchev–Trinajstić information content (AvgIpc) is 2.95. The van der Waals surface area contributed by atoms with Crippen molar-refractivity contribution in [1.82, 2.24) is 15.8 Å². The molecule has 0 spiro atoms. The second-order valence-corrected chi connectivity index (χ2v) is 5.31. The predicted octanol–water partition coefficient (Wildman–Crippen LogP) is 2.29. The molecule has 0 saturated heterocycles. The summed E-state index contributed by atoms with van der Waals surface area (Å²) in [6.45, 7) is 5.88. The van der Waals surface area contributed by atoms with Gasteiger partial charge in [-0.3, -0.25) is 9.59 Å². The zero-order valence-electron chi connectivity index (χ0n) is 13.6. The van der Waals surface area contributed by atoms with E-state index < -0.39 is 6.04 Å². The van der Waals surface area contributed by atoms with Gasteiger partial charge in [-0.25, -0.2) is 0 Å². The third-order valence-electron chi connectivity index (χ3n) is 3.43. The lowest BCUT2D eigenvalue weighted by molar-refractivity contribution is -0.122. The molecule has 1 unspecified atom stereocenters. The van der Waals surface area contributed by atoms with Crippen LogP contribution < -0.4 is 10.6 Å². The van der Waals surface area contributed by atoms with Crippen molar-refractivity contribution in [3.8, 4) is 11.3 Å². The summed E-state index contributed by atoms with van der Waals surface area (Å²) in [7, 11) is 0. The lowest BCUT2D eigenvalue weighted by Gasteiger charge is -2.13. The summed E-state index contributed by atoms with van der Waals surface area (Å²) in [4.78, 5) is 24.4. The lowest BCUT2D eigenvalue weighted by Crippen LogP contribution is -2.45. The van der Waals surface area contributed by atoms with Crippen molar-refractivity contribution in [2.45, 2.75) is 33.2 Å². The molecule has 2 aromatic rings. The fourth-order valence-electron chi connectivity index (χ4n) is 2.17. The second kappa shape index (κ2) is 7.58. The summed E-state index contributed by atoms with van der Waals surface area (Å²) in [6.07, 6.45) is 0.843. The quantitative estimate of drug-likeness (QED) is 0.856. The van der Waals surface area contributed by atoms with Crippen LogP contribution in [0.25, 0.3) is 11.3 Å². The van der Waals surface area contributed by atoms with E-state index in [1.54, 1.807) is 13.8 Å². The van der Waals surface area contributed by atoms with E-state index in [2.05, 4.69) is 15.8 Å². The molecule has 2 amide bonds. The highest BCUT2D eigenvalue weighted by atomic mass is 16.5. The van der Waals surface area contributed by atoms with Gasteiger partial charge in [0.2, 0.25) is 5.91 Å². The maximum Gasteiger partial charge on any atom is 0.257 e. The summed E-state index contributed by atoms with van der Waals surface area (Å²) >= 11 is 0. The van der Waals surface area contributed by atoms with Crippen LogP contribution in [0.1, 0.15) is 36.4 Å². The van der Waals surface area contributed by atoms with Crippen LogP contribution in [0.3, 0.4) is 0 Å². The van der Waals surface area contributed by atoms with Crippen LogP contribution in [-0.2, 0) is 4.79 Å². The third-order valence-corrected chi connectivity index (χ3v) is 3.43. The van der Waals surface area contributed by atoms with E-state index in [9.17, 15) is 9.59 Å². The van der Waals surface area contributed by atoms with Gasteiger partial charge in [-0.05, 0) is 20.3 Å². The Kier molecular flexibility index (Phi) is 5.51. The minimum Gasteiger partial charge on any atom is -0.360 e. The minimum absolute atomic E-state index is 0.212. The fourth-order valence-corrected chi connectivity index (χ4v) is 2.17. The first-order chi connectivity index (χ1) is 11.0. The van der Waals surface area contributed by atoms with Gasteiger partial charge in [0.1, 0.15) is 23.1 Å². The highest BCUT2D eigenvalue weighted by Crippen LogP contribution is 2.24. The van der Waals surface area contributed by atoms with Crippen LogP contribution in [0.5, 0.6) is 0 Å². The Morgan fingerprint density at radius 3 is 2.61 bits per heavy atom. The van der Waals surface area contributed by atoms with Crippen molar-refractivity contribution in [3.63, 3.8) is 0 Å². The maximum atomic E-state index is 12.5. The molecule has 0 radical (unpaired) electrons. The van der Waals surface area contributed by atoms with E-state index in [1.807, 2.05) is 37.3 Å². The number of carbonyl (C=O) groups excluding carboxylic acids is 2. The van der Waals surface area contributed by atoms with Gasteiger partial charge in [0.15, 0.2) is 0 Å². The van der Waals surface area contributed by atoms with Crippen LogP contribution in [0.4, 0.5) is 0 Å². The molecule has 0 fully saturated rings. The number of carbonyl (C=O) groups is 2. The Bertz CT molecular complexity index is 680. The van der Waals surface area contributed by atoms with Crippen LogP contribution in [-0.4, -0.2) is 29.6 Å². The first kappa shape index (κ1) is 16.7. The molecule has 0 aliphatic rings. The van der Waals surface area contributed by atoms with Crippen LogP contribution in [0.15, 0.2) is 34.9 Å². The number of amides is 2. The number of aryl methyl sites for hydroxylation is 1. The first-order valence-corrected chi connectivity index (χ1v) is 7.64. The molecule has 1 aromatic carbocycles. The minimum atomic E-state index is -0.632. The number of nitrogens with one attached hydrogen (secondary N) is 2. The zero-order valence-corrected chi connectivity index (χ0v) is 13.6. The molecular formula is C17H21N3O3. The van der Waals surface area contributed by atoms with Crippen LogP contribution in [0.2, 0.25) is 0 Å². The molecule has 0 aliphatic heterocycles. The summed E-state index contributed by atoms with van der Waals surface area (Å²) in [5, 5.41) is 9.41. The summed E-state index contributed by atoms with van der Waals surface area (Å²) < 4.78 is 5.17. The topological polar surface area (TPSA) is 84.2 Å². The SMILES string of the molecule is CCCNC(=O)C(C)NC(=O)c1c(-c2ccccc2)noc1C. The van der Waals surface area contributed by atoms with E-state index >= 15 is 0 Å². The summed E-state index contributed by atoms with van der Waals surface area (Å²) in [6, 6.07) is 8.68. The molecule has 6 nitrogen and oxygen atoms in total. The number of benzene rings is 1. The molecule has 1 aromatic heterocycles. The molecular weight excluding hydrogens is 294 g/mol. The molecule has 122 valence electrons. The number of nitrogens with zero attached hydrogens (tertiary/aromatic N) is 1. The Morgan fingerprint density at radius 2 is 1.96 bits per heavy atom. The van der Waals surface area contributed by atoms with Crippen molar-refractivity contribution in [2.24, 2.45) is 0 Å². The van der Waals surface area contributed by atoms with Crippen molar-refractivity contribution in [3.05, 3.63) is 41.7 Å². The molecule has 6 heteroatoms. The molecule has 0 aliphatic carbocycles. The van der Waals surface area contributed by atoms with Crippen molar-refractivity contribution < 1.29 is 14.1 Å². The number of aromatic nitrogens is 1. The smallest absolute Gasteiger partial charge is 0.257 e. The van der Waals surface area contributed by atoms with Gasteiger partial charge >= 0.3 is 0 Å². The van der Waals surface area contributed by atoms with Crippen molar-refractivity contribution >= 4 is 11.8 Å². The molecule has 0 saturated carbocycles. The highest BCUT2D eigenvalue weighted by molar-refractivity contribution is 6.02. The van der Waals surface area contributed by atoms with Gasteiger partial charge < -0.3 is 15.2 Å². The second-order valence-electron chi connectivity index (χ2n) is 5.31. The van der Waals surface area contributed by atoms with Crippen LogP contribution in [0, 0.1) is 6.92 Å². The monoisotopic (exact) mass is 315 g/mol. The largest absolute Gasteiger partial charge is 0.360 e. The summed E-state index contributed by atoms with van der Waals surface area (Å²) in [5.74, 6) is -0.167. The van der Waals surface area contributed by atoms with Crippen molar-refractivity contribution in [1.29, 1.82) is 0 Å². The predicted molar refractivity (Wildman–Crippen MR) is 86.9 cm³/mol. The maximum absolute atomic E-state index is 12.5. The van der Waals surface area contributed by atoms with Gasteiger partial charge in [-0.15, -0.1) is 0 Å². The highest BCUT2D eigenvalue weighted by Gasteiger charge is 2.24. The Balaban J connectivity index is 2.17. The lowest BCUT2D eigenvalue weighted by atomic mass is 10.1. The van der Waals surface area contributed by atoms with E-state index in [0.717, 1.165) is 12.0 Å². The van der Waals surface area contributed by atoms with Gasteiger partial charge in [0, 0.05) is 12.1 Å². The van der Waals surface area contributed by atoms with E-state index in [0.29, 0.717) is 23.6 Å². The van der Waals surface area contributed by atoms with E-state index in [-0.39, 0.29) is 11.8 Å².